The molecule has 0 bridgehead atoms. The zero-order chi connectivity index (χ0) is 12.8. The second kappa shape index (κ2) is 7.24. The van der Waals surface area contributed by atoms with Crippen molar-refractivity contribution < 1.29 is 5.11 Å². The molecule has 1 aliphatic rings. The fourth-order valence-corrected chi connectivity index (χ4v) is 3.23. The molecule has 4 heteroatoms. The maximum atomic E-state index is 9.36. The van der Waals surface area contributed by atoms with Gasteiger partial charge in [-0.05, 0) is 67.7 Å². The number of nitrogens with one attached hydrogen (secondary N) is 1. The summed E-state index contributed by atoms with van der Waals surface area (Å²) < 4.78 is 0. The minimum atomic E-state index is -0.196. The molecule has 3 nitrogen and oxygen atoms in total. The van der Waals surface area contributed by atoms with Crippen LogP contribution in [0.4, 0.5) is 0 Å². The lowest BCUT2D eigenvalue weighted by Gasteiger charge is -2.32. The molecule has 0 saturated carbocycles. The highest BCUT2D eigenvalue weighted by atomic mass is 32.1. The largest absolute Gasteiger partial charge is 0.392 e. The number of hydrogen-bond acceptors (Lipinski definition) is 4. The monoisotopic (exact) mass is 268 g/mol. The Morgan fingerprint density at radius 3 is 2.89 bits per heavy atom. The van der Waals surface area contributed by atoms with Crippen molar-refractivity contribution >= 4 is 11.3 Å². The van der Waals surface area contributed by atoms with Crippen LogP contribution in [0, 0.1) is 5.92 Å². The molecule has 2 rings (SSSR count). The van der Waals surface area contributed by atoms with Crippen molar-refractivity contribution in [2.24, 2.45) is 5.92 Å². The van der Waals surface area contributed by atoms with Gasteiger partial charge in [0.25, 0.3) is 0 Å². The van der Waals surface area contributed by atoms with Crippen LogP contribution in [0.5, 0.6) is 0 Å². The fraction of sp³-hybridized carbons (Fsp3) is 0.714. The zero-order valence-electron chi connectivity index (χ0n) is 11.1. The zero-order valence-corrected chi connectivity index (χ0v) is 12.0. The topological polar surface area (TPSA) is 35.5 Å². The first-order valence-electron chi connectivity index (χ1n) is 6.86. The molecule has 1 aromatic rings. The maximum absolute atomic E-state index is 9.36. The molecule has 1 saturated heterocycles. The SMILES string of the molecule is C[C@@H](O)CN1CCC(CNCc2ccsc2)CC1. The van der Waals surface area contributed by atoms with Crippen LogP contribution in [0.3, 0.4) is 0 Å². The molecule has 0 radical (unpaired) electrons. The van der Waals surface area contributed by atoms with Gasteiger partial charge in [0.15, 0.2) is 0 Å². The van der Waals surface area contributed by atoms with Gasteiger partial charge in [-0.2, -0.15) is 11.3 Å². The smallest absolute Gasteiger partial charge is 0.0639 e. The van der Waals surface area contributed by atoms with E-state index in [9.17, 15) is 5.11 Å². The Balaban J connectivity index is 1.59. The second-order valence-electron chi connectivity index (χ2n) is 5.36. The predicted octanol–water partition coefficient (Wildman–Crippen LogP) is 1.93. The van der Waals surface area contributed by atoms with Crippen molar-refractivity contribution in [1.82, 2.24) is 10.2 Å². The Morgan fingerprint density at radius 2 is 2.28 bits per heavy atom. The average molecular weight is 268 g/mol. The van der Waals surface area contributed by atoms with Crippen LogP contribution >= 0.6 is 11.3 Å². The van der Waals surface area contributed by atoms with E-state index in [1.807, 2.05) is 6.92 Å². The summed E-state index contributed by atoms with van der Waals surface area (Å²) in [6.45, 7) is 7.09. The van der Waals surface area contributed by atoms with Gasteiger partial charge in [0.05, 0.1) is 6.10 Å². The van der Waals surface area contributed by atoms with Crippen LogP contribution in [-0.4, -0.2) is 42.3 Å². The van der Waals surface area contributed by atoms with E-state index in [4.69, 9.17) is 0 Å². The van der Waals surface area contributed by atoms with Gasteiger partial charge < -0.3 is 15.3 Å². The lowest BCUT2D eigenvalue weighted by molar-refractivity contribution is 0.0998. The van der Waals surface area contributed by atoms with Gasteiger partial charge in [-0.1, -0.05) is 0 Å². The molecule has 1 atom stereocenters. The number of nitrogens with zero attached hydrogens (tertiary/aromatic N) is 1. The molecule has 0 unspecified atom stereocenters. The summed E-state index contributed by atoms with van der Waals surface area (Å²) in [5, 5.41) is 17.3. The van der Waals surface area contributed by atoms with Crippen molar-refractivity contribution in [3.63, 3.8) is 0 Å². The summed E-state index contributed by atoms with van der Waals surface area (Å²) in [5.41, 5.74) is 1.39. The maximum Gasteiger partial charge on any atom is 0.0639 e. The number of piperidine rings is 1. The number of thiophene rings is 1. The third-order valence-electron chi connectivity index (χ3n) is 3.57. The first-order chi connectivity index (χ1) is 8.74. The number of rotatable bonds is 6. The van der Waals surface area contributed by atoms with E-state index in [1.54, 1.807) is 11.3 Å². The summed E-state index contributed by atoms with van der Waals surface area (Å²) in [6.07, 6.45) is 2.31. The molecule has 18 heavy (non-hydrogen) atoms. The first kappa shape index (κ1) is 14.0. The lowest BCUT2D eigenvalue weighted by Crippen LogP contribution is -2.40. The number of aliphatic hydroxyl groups is 1. The highest BCUT2D eigenvalue weighted by Crippen LogP contribution is 2.16. The molecular formula is C14H24N2OS. The molecule has 0 aromatic carbocycles. The third-order valence-corrected chi connectivity index (χ3v) is 4.30. The average Bonchev–Trinajstić information content (AvgIpc) is 2.84. The van der Waals surface area contributed by atoms with Crippen LogP contribution in [0.15, 0.2) is 16.8 Å². The van der Waals surface area contributed by atoms with Gasteiger partial charge in [-0.15, -0.1) is 0 Å². The summed E-state index contributed by atoms with van der Waals surface area (Å²) in [7, 11) is 0. The van der Waals surface area contributed by atoms with E-state index in [-0.39, 0.29) is 6.10 Å². The summed E-state index contributed by atoms with van der Waals surface area (Å²) >= 11 is 1.76. The molecule has 1 aliphatic heterocycles. The van der Waals surface area contributed by atoms with E-state index in [0.717, 1.165) is 38.6 Å². The minimum absolute atomic E-state index is 0.196. The van der Waals surface area contributed by atoms with Crippen molar-refractivity contribution in [2.75, 3.05) is 26.2 Å². The molecule has 2 N–H and O–H groups in total. The summed E-state index contributed by atoms with van der Waals surface area (Å²) in [5.74, 6) is 0.800. The molecule has 102 valence electrons. The highest BCUT2D eigenvalue weighted by molar-refractivity contribution is 7.07. The fourth-order valence-electron chi connectivity index (χ4n) is 2.56. The Morgan fingerprint density at radius 1 is 1.50 bits per heavy atom. The van der Waals surface area contributed by atoms with Crippen LogP contribution in [0.2, 0.25) is 0 Å². The van der Waals surface area contributed by atoms with E-state index in [2.05, 4.69) is 27.0 Å². The van der Waals surface area contributed by atoms with E-state index < -0.39 is 0 Å². The number of β-amino-alcohol motifs (C(OH)–C–C–N with tert-alkyl or cyclic N) is 1. The van der Waals surface area contributed by atoms with Crippen molar-refractivity contribution in [1.29, 1.82) is 0 Å². The van der Waals surface area contributed by atoms with Crippen LogP contribution in [0.1, 0.15) is 25.3 Å². The molecule has 2 heterocycles. The van der Waals surface area contributed by atoms with Crippen LogP contribution in [0.25, 0.3) is 0 Å². The Bertz CT molecular complexity index is 319. The first-order valence-corrected chi connectivity index (χ1v) is 7.80. The number of hydrogen-bond donors (Lipinski definition) is 2. The Hall–Kier alpha value is -0.420. The summed E-state index contributed by atoms with van der Waals surface area (Å²) in [4.78, 5) is 2.38. The third kappa shape index (κ3) is 4.69. The predicted molar refractivity (Wildman–Crippen MR) is 76.9 cm³/mol. The van der Waals surface area contributed by atoms with Crippen molar-refractivity contribution in [2.45, 2.75) is 32.4 Å². The van der Waals surface area contributed by atoms with E-state index in [0.29, 0.717) is 0 Å². The summed E-state index contributed by atoms with van der Waals surface area (Å²) in [6, 6.07) is 2.18. The molecular weight excluding hydrogens is 244 g/mol. The normalized spacial score (nSPS) is 20.1. The van der Waals surface area contributed by atoms with Crippen LogP contribution in [-0.2, 0) is 6.54 Å². The molecule has 0 amide bonds. The minimum Gasteiger partial charge on any atom is -0.392 e. The molecule has 0 aliphatic carbocycles. The highest BCUT2D eigenvalue weighted by Gasteiger charge is 2.19. The van der Waals surface area contributed by atoms with E-state index >= 15 is 0 Å². The second-order valence-corrected chi connectivity index (χ2v) is 6.14. The van der Waals surface area contributed by atoms with Gasteiger partial charge >= 0.3 is 0 Å². The van der Waals surface area contributed by atoms with E-state index in [1.165, 1.54) is 18.4 Å². The number of aliphatic hydroxyl groups excluding tert-OH is 1. The lowest BCUT2D eigenvalue weighted by atomic mass is 9.96. The molecule has 1 fully saturated rings. The van der Waals surface area contributed by atoms with Gasteiger partial charge in [0.1, 0.15) is 0 Å². The molecule has 1 aromatic heterocycles. The number of likely N-dealkylation sites (tertiary alicyclic amines) is 1. The molecule has 0 spiro atoms. The van der Waals surface area contributed by atoms with Crippen molar-refractivity contribution in [3.8, 4) is 0 Å². The Kier molecular flexibility index (Phi) is 5.63. The van der Waals surface area contributed by atoms with Gasteiger partial charge in [0, 0.05) is 13.1 Å². The Labute approximate surface area is 114 Å². The quantitative estimate of drug-likeness (QED) is 0.827. The van der Waals surface area contributed by atoms with Gasteiger partial charge in [0.2, 0.25) is 0 Å². The van der Waals surface area contributed by atoms with Crippen LogP contribution < -0.4 is 5.32 Å². The standard InChI is InChI=1S/C14H24N2OS/c1-12(17)10-16-5-2-13(3-6-16)8-15-9-14-4-7-18-11-14/h4,7,11-13,15,17H,2-3,5-6,8-10H2,1H3/t12-/m1/s1. The van der Waals surface area contributed by atoms with Crippen molar-refractivity contribution in [3.05, 3.63) is 22.4 Å². The van der Waals surface area contributed by atoms with Gasteiger partial charge in [-0.25, -0.2) is 0 Å². The van der Waals surface area contributed by atoms with Gasteiger partial charge in [-0.3, -0.25) is 0 Å².